The topological polar surface area (TPSA) is 68.2 Å². The average Bonchev–Trinajstić information content (AvgIpc) is 3.00. The van der Waals surface area contributed by atoms with Crippen molar-refractivity contribution in [3.8, 4) is 5.69 Å². The number of nitrogens with two attached hydrogens (primary N) is 1. The normalized spacial score (nSPS) is 11.5. The van der Waals surface area contributed by atoms with E-state index in [9.17, 15) is 4.39 Å². The van der Waals surface area contributed by atoms with Crippen molar-refractivity contribution in [2.75, 3.05) is 5.32 Å². The fraction of sp³-hybridized carbons (Fsp3) is 0.111. The van der Waals surface area contributed by atoms with Crippen LogP contribution in [0.4, 0.5) is 10.1 Å². The molecule has 0 bridgehead atoms. The molecule has 2 aromatic carbocycles. The van der Waals surface area contributed by atoms with E-state index in [0.29, 0.717) is 12.2 Å². The lowest BCUT2D eigenvalue weighted by Crippen LogP contribution is -2.22. The highest BCUT2D eigenvalue weighted by Gasteiger charge is 2.07. The molecular weight excluding hydrogens is 305 g/mol. The molecule has 0 fully saturated rings. The summed E-state index contributed by atoms with van der Waals surface area (Å²) in [4.78, 5) is 8.34. The number of hydrogen-bond acceptors (Lipinski definition) is 2. The summed E-state index contributed by atoms with van der Waals surface area (Å²) in [5, 5.41) is 2.99. The number of para-hydroxylation sites is 1. The van der Waals surface area contributed by atoms with Gasteiger partial charge in [-0.25, -0.2) is 14.4 Å². The van der Waals surface area contributed by atoms with E-state index in [1.54, 1.807) is 23.0 Å². The number of rotatable bonds is 4. The number of benzene rings is 2. The van der Waals surface area contributed by atoms with Crippen LogP contribution in [-0.4, -0.2) is 15.5 Å². The third-order valence-electron chi connectivity index (χ3n) is 3.58. The lowest BCUT2D eigenvalue weighted by molar-refractivity contribution is 0.614. The highest BCUT2D eigenvalue weighted by atomic mass is 19.1. The number of nitrogens with zero attached hydrogens (tertiary/aromatic N) is 3. The van der Waals surface area contributed by atoms with E-state index in [0.717, 1.165) is 17.1 Å². The highest BCUT2D eigenvalue weighted by molar-refractivity contribution is 5.92. The molecule has 0 saturated carbocycles. The molecule has 6 heteroatoms. The van der Waals surface area contributed by atoms with E-state index in [1.807, 2.05) is 43.3 Å². The quantitative estimate of drug-likeness (QED) is 0.572. The first-order valence-corrected chi connectivity index (χ1v) is 7.54. The molecule has 3 aromatic rings. The summed E-state index contributed by atoms with van der Waals surface area (Å²) in [6.45, 7) is 2.12. The van der Waals surface area contributed by atoms with Gasteiger partial charge >= 0.3 is 0 Å². The molecule has 1 aromatic heterocycles. The molecule has 5 nitrogen and oxygen atoms in total. The maximum Gasteiger partial charge on any atom is 0.193 e. The number of hydrogen-bond donors (Lipinski definition) is 2. The maximum absolute atomic E-state index is 14.3. The monoisotopic (exact) mass is 323 g/mol. The SMILES string of the molecule is Cc1nccn1-c1ccc(CN=C(N)Nc2ccccc2)cc1F. The first-order valence-electron chi connectivity index (χ1n) is 7.54. The molecular formula is C18H18FN5. The summed E-state index contributed by atoms with van der Waals surface area (Å²) < 4.78 is 16.0. The smallest absolute Gasteiger partial charge is 0.193 e. The zero-order valence-electron chi connectivity index (χ0n) is 13.3. The third-order valence-corrected chi connectivity index (χ3v) is 3.58. The second kappa shape index (κ2) is 6.95. The molecule has 0 spiro atoms. The number of aliphatic imine (C=N–C) groups is 1. The van der Waals surface area contributed by atoms with Crippen molar-refractivity contribution in [1.82, 2.24) is 9.55 Å². The van der Waals surface area contributed by atoms with Crippen LogP contribution in [0.3, 0.4) is 0 Å². The van der Waals surface area contributed by atoms with E-state index >= 15 is 0 Å². The second-order valence-electron chi connectivity index (χ2n) is 5.32. The Hall–Kier alpha value is -3.15. The molecule has 0 aliphatic carbocycles. The predicted octanol–water partition coefficient (Wildman–Crippen LogP) is 3.25. The molecule has 3 rings (SSSR count). The minimum atomic E-state index is -0.321. The minimum Gasteiger partial charge on any atom is -0.370 e. The molecule has 0 amide bonds. The Morgan fingerprint density at radius 2 is 2.04 bits per heavy atom. The number of nitrogens with one attached hydrogen (secondary N) is 1. The Morgan fingerprint density at radius 1 is 1.25 bits per heavy atom. The summed E-state index contributed by atoms with van der Waals surface area (Å²) in [6, 6.07) is 14.5. The molecule has 0 aliphatic heterocycles. The number of aryl methyl sites for hydroxylation is 1. The van der Waals surface area contributed by atoms with Crippen molar-refractivity contribution in [2.45, 2.75) is 13.5 Å². The van der Waals surface area contributed by atoms with Gasteiger partial charge in [0.2, 0.25) is 0 Å². The van der Waals surface area contributed by atoms with Crippen LogP contribution in [0.5, 0.6) is 0 Å². The van der Waals surface area contributed by atoms with Crippen molar-refractivity contribution in [3.05, 3.63) is 78.1 Å². The minimum absolute atomic E-state index is 0.288. The van der Waals surface area contributed by atoms with Gasteiger partial charge in [0.05, 0.1) is 12.2 Å². The molecule has 1 heterocycles. The molecule has 0 aliphatic rings. The molecule has 0 atom stereocenters. The van der Waals surface area contributed by atoms with Crippen LogP contribution < -0.4 is 11.1 Å². The Kier molecular flexibility index (Phi) is 4.56. The zero-order chi connectivity index (χ0) is 16.9. The van der Waals surface area contributed by atoms with Crippen LogP contribution in [0, 0.1) is 12.7 Å². The third kappa shape index (κ3) is 3.60. The van der Waals surface area contributed by atoms with E-state index in [-0.39, 0.29) is 11.8 Å². The zero-order valence-corrected chi connectivity index (χ0v) is 13.3. The van der Waals surface area contributed by atoms with Crippen LogP contribution in [0.25, 0.3) is 5.69 Å². The Labute approximate surface area is 139 Å². The first-order chi connectivity index (χ1) is 11.6. The highest BCUT2D eigenvalue weighted by Crippen LogP contribution is 2.17. The van der Waals surface area contributed by atoms with Gasteiger partial charge in [-0.15, -0.1) is 0 Å². The molecule has 0 radical (unpaired) electrons. The van der Waals surface area contributed by atoms with Gasteiger partial charge in [0.15, 0.2) is 5.96 Å². The number of halogens is 1. The summed E-state index contributed by atoms with van der Waals surface area (Å²) in [5.41, 5.74) is 7.92. The van der Waals surface area contributed by atoms with Crippen molar-refractivity contribution >= 4 is 11.6 Å². The first kappa shape index (κ1) is 15.7. The summed E-state index contributed by atoms with van der Waals surface area (Å²) in [6.07, 6.45) is 3.37. The molecule has 122 valence electrons. The van der Waals surface area contributed by atoms with E-state index in [1.165, 1.54) is 6.07 Å². The summed E-state index contributed by atoms with van der Waals surface area (Å²) >= 11 is 0. The van der Waals surface area contributed by atoms with Gasteiger partial charge in [-0.2, -0.15) is 0 Å². The van der Waals surface area contributed by atoms with E-state index in [2.05, 4.69) is 15.3 Å². The Balaban J connectivity index is 1.71. The number of aromatic nitrogens is 2. The predicted molar refractivity (Wildman–Crippen MR) is 93.7 cm³/mol. The van der Waals surface area contributed by atoms with Gasteiger partial charge in [0.1, 0.15) is 11.6 Å². The summed E-state index contributed by atoms with van der Waals surface area (Å²) in [7, 11) is 0. The van der Waals surface area contributed by atoms with Crippen LogP contribution in [0.1, 0.15) is 11.4 Å². The van der Waals surface area contributed by atoms with Gasteiger partial charge in [-0.1, -0.05) is 24.3 Å². The number of anilines is 1. The summed E-state index contributed by atoms with van der Waals surface area (Å²) in [5.74, 6) is 0.700. The average molecular weight is 323 g/mol. The van der Waals surface area contributed by atoms with Crippen LogP contribution in [0.15, 0.2) is 65.9 Å². The fourth-order valence-corrected chi connectivity index (χ4v) is 2.36. The molecule has 0 saturated heterocycles. The standard InChI is InChI=1S/C18H18FN5/c1-13-21-9-10-24(13)17-8-7-14(11-16(17)19)12-22-18(20)23-15-5-3-2-4-6-15/h2-11H,12H2,1H3,(H3,20,22,23). The lowest BCUT2D eigenvalue weighted by Gasteiger charge is -2.08. The van der Waals surface area contributed by atoms with Gasteiger partial charge in [-0.05, 0) is 36.8 Å². The van der Waals surface area contributed by atoms with Gasteiger partial charge in [0, 0.05) is 18.1 Å². The van der Waals surface area contributed by atoms with Crippen LogP contribution >= 0.6 is 0 Å². The van der Waals surface area contributed by atoms with E-state index < -0.39 is 0 Å². The fourth-order valence-electron chi connectivity index (χ4n) is 2.36. The molecule has 0 unspecified atom stereocenters. The van der Waals surface area contributed by atoms with Gasteiger partial charge in [0.25, 0.3) is 0 Å². The Morgan fingerprint density at radius 3 is 2.71 bits per heavy atom. The van der Waals surface area contributed by atoms with E-state index in [4.69, 9.17) is 5.73 Å². The second-order valence-corrected chi connectivity index (χ2v) is 5.32. The van der Waals surface area contributed by atoms with Crippen molar-refractivity contribution in [3.63, 3.8) is 0 Å². The van der Waals surface area contributed by atoms with Crippen molar-refractivity contribution < 1.29 is 4.39 Å². The van der Waals surface area contributed by atoms with Gasteiger partial charge in [-0.3, -0.25) is 0 Å². The lowest BCUT2D eigenvalue weighted by atomic mass is 10.2. The number of guanidine groups is 1. The maximum atomic E-state index is 14.3. The van der Waals surface area contributed by atoms with Gasteiger partial charge < -0.3 is 15.6 Å². The molecule has 3 N–H and O–H groups in total. The van der Waals surface area contributed by atoms with Crippen molar-refractivity contribution in [2.24, 2.45) is 10.7 Å². The van der Waals surface area contributed by atoms with Crippen LogP contribution in [0.2, 0.25) is 0 Å². The van der Waals surface area contributed by atoms with Crippen molar-refractivity contribution in [1.29, 1.82) is 0 Å². The Bertz CT molecular complexity index is 855. The largest absolute Gasteiger partial charge is 0.370 e. The molecule has 24 heavy (non-hydrogen) atoms. The van der Waals surface area contributed by atoms with Crippen LogP contribution in [-0.2, 0) is 6.54 Å². The number of imidazole rings is 1.